The van der Waals surface area contributed by atoms with Crippen molar-refractivity contribution in [3.63, 3.8) is 0 Å². The van der Waals surface area contributed by atoms with Crippen molar-refractivity contribution in [1.82, 2.24) is 40.0 Å². The van der Waals surface area contributed by atoms with E-state index in [2.05, 4.69) is 42.0 Å². The molecular weight excluding hydrogens is 390 g/mol. The SMILES string of the molecule is CN1CCN(c2cncc3[nH]c(-c4n[nH]c5ccc(-c6cccnc6)nc45)nc23)CC1. The van der Waals surface area contributed by atoms with E-state index in [9.17, 15) is 0 Å². The van der Waals surface area contributed by atoms with Crippen LogP contribution >= 0.6 is 0 Å². The van der Waals surface area contributed by atoms with Gasteiger partial charge in [-0.05, 0) is 31.3 Å². The molecule has 0 aromatic carbocycles. The van der Waals surface area contributed by atoms with Crippen molar-refractivity contribution in [3.05, 3.63) is 49.1 Å². The third-order valence-corrected chi connectivity index (χ3v) is 5.81. The zero-order valence-electron chi connectivity index (χ0n) is 17.1. The van der Waals surface area contributed by atoms with E-state index in [0.717, 1.165) is 65.2 Å². The molecule has 0 atom stereocenters. The minimum absolute atomic E-state index is 0.681. The summed E-state index contributed by atoms with van der Waals surface area (Å²) >= 11 is 0. The quantitative estimate of drug-likeness (QED) is 0.471. The summed E-state index contributed by atoms with van der Waals surface area (Å²) in [7, 11) is 2.15. The molecule has 6 heterocycles. The third kappa shape index (κ3) is 3.10. The van der Waals surface area contributed by atoms with Crippen LogP contribution in [-0.4, -0.2) is 73.2 Å². The van der Waals surface area contributed by atoms with Crippen LogP contribution in [-0.2, 0) is 0 Å². The minimum Gasteiger partial charge on any atom is -0.366 e. The number of imidazole rings is 1. The second kappa shape index (κ2) is 7.13. The lowest BCUT2D eigenvalue weighted by atomic mass is 10.2. The van der Waals surface area contributed by atoms with Crippen molar-refractivity contribution < 1.29 is 0 Å². The molecule has 5 aromatic rings. The maximum Gasteiger partial charge on any atom is 0.161 e. The maximum absolute atomic E-state index is 4.92. The number of aromatic nitrogens is 7. The number of hydrogen-bond acceptors (Lipinski definition) is 7. The number of H-pyrrole nitrogens is 2. The number of piperazine rings is 1. The first-order chi connectivity index (χ1) is 15.3. The lowest BCUT2D eigenvalue weighted by Gasteiger charge is -2.33. The van der Waals surface area contributed by atoms with Crippen LogP contribution in [0.5, 0.6) is 0 Å². The summed E-state index contributed by atoms with van der Waals surface area (Å²) in [5, 5.41) is 7.58. The number of anilines is 1. The predicted molar refractivity (Wildman–Crippen MR) is 120 cm³/mol. The molecular formula is C22H21N9. The lowest BCUT2D eigenvalue weighted by Crippen LogP contribution is -2.44. The highest BCUT2D eigenvalue weighted by atomic mass is 15.3. The van der Waals surface area contributed by atoms with Gasteiger partial charge in [0.15, 0.2) is 11.5 Å². The predicted octanol–water partition coefficient (Wildman–Crippen LogP) is 2.71. The first-order valence-corrected chi connectivity index (χ1v) is 10.3. The molecule has 1 aliphatic rings. The molecule has 0 saturated carbocycles. The molecule has 9 heteroatoms. The van der Waals surface area contributed by atoms with E-state index in [0.29, 0.717) is 11.5 Å². The average molecular weight is 411 g/mol. The molecule has 1 saturated heterocycles. The topological polar surface area (TPSA) is 103 Å². The van der Waals surface area contributed by atoms with Crippen molar-refractivity contribution in [2.75, 3.05) is 38.1 Å². The number of likely N-dealkylation sites (N-methyl/N-ethyl adjacent to an activating group) is 1. The molecule has 9 nitrogen and oxygen atoms in total. The molecule has 1 fully saturated rings. The van der Waals surface area contributed by atoms with Crippen molar-refractivity contribution >= 4 is 27.8 Å². The van der Waals surface area contributed by atoms with Crippen molar-refractivity contribution in [2.24, 2.45) is 0 Å². The fourth-order valence-electron chi connectivity index (χ4n) is 4.05. The normalized spacial score (nSPS) is 15.2. The van der Waals surface area contributed by atoms with Crippen LogP contribution < -0.4 is 4.90 Å². The minimum atomic E-state index is 0.681. The molecule has 0 amide bonds. The van der Waals surface area contributed by atoms with E-state index in [1.807, 2.05) is 42.9 Å². The summed E-state index contributed by atoms with van der Waals surface area (Å²) in [6.45, 7) is 3.97. The Labute approximate surface area is 178 Å². The number of aromatic amines is 2. The number of fused-ring (bicyclic) bond motifs is 2. The van der Waals surface area contributed by atoms with E-state index < -0.39 is 0 Å². The van der Waals surface area contributed by atoms with Gasteiger partial charge in [-0.1, -0.05) is 0 Å². The number of rotatable bonds is 3. The highest BCUT2D eigenvalue weighted by molar-refractivity contribution is 5.94. The van der Waals surface area contributed by atoms with Gasteiger partial charge >= 0.3 is 0 Å². The fraction of sp³-hybridized carbons (Fsp3) is 0.227. The standard InChI is InChI=1S/C22H21N9/c1-30-7-9-31(10-8-30)18-13-24-12-17-19(18)27-22(26-17)21-20-16(28-29-21)5-4-15(25-20)14-3-2-6-23-11-14/h2-6,11-13H,7-10H2,1H3,(H,26,27)(H,28,29). The smallest absolute Gasteiger partial charge is 0.161 e. The molecule has 0 radical (unpaired) electrons. The Kier molecular flexibility index (Phi) is 4.13. The molecule has 0 bridgehead atoms. The lowest BCUT2D eigenvalue weighted by molar-refractivity contribution is 0.313. The Morgan fingerprint density at radius 1 is 0.871 bits per heavy atom. The summed E-state index contributed by atoms with van der Waals surface area (Å²) < 4.78 is 0. The highest BCUT2D eigenvalue weighted by Gasteiger charge is 2.20. The zero-order valence-corrected chi connectivity index (χ0v) is 17.1. The van der Waals surface area contributed by atoms with Gasteiger partial charge in [0.1, 0.15) is 11.0 Å². The second-order valence-electron chi connectivity index (χ2n) is 7.84. The van der Waals surface area contributed by atoms with Gasteiger partial charge < -0.3 is 14.8 Å². The van der Waals surface area contributed by atoms with Crippen LogP contribution in [0.15, 0.2) is 49.1 Å². The van der Waals surface area contributed by atoms with Gasteiger partial charge in [-0.25, -0.2) is 9.97 Å². The Balaban J connectivity index is 1.44. The van der Waals surface area contributed by atoms with E-state index >= 15 is 0 Å². The van der Waals surface area contributed by atoms with Gasteiger partial charge in [0.25, 0.3) is 0 Å². The molecule has 2 N–H and O–H groups in total. The Morgan fingerprint density at radius 3 is 2.61 bits per heavy atom. The summed E-state index contributed by atoms with van der Waals surface area (Å²) in [6.07, 6.45) is 7.28. The van der Waals surface area contributed by atoms with Crippen LogP contribution in [0.1, 0.15) is 0 Å². The molecule has 0 spiro atoms. The van der Waals surface area contributed by atoms with Crippen LogP contribution in [0, 0.1) is 0 Å². The highest BCUT2D eigenvalue weighted by Crippen LogP contribution is 2.30. The van der Waals surface area contributed by atoms with Crippen LogP contribution in [0.25, 0.3) is 44.8 Å². The van der Waals surface area contributed by atoms with Gasteiger partial charge in [0, 0.05) is 44.1 Å². The Hall–Kier alpha value is -3.85. The maximum atomic E-state index is 4.92. The number of hydrogen-bond donors (Lipinski definition) is 2. The van der Waals surface area contributed by atoms with E-state index in [1.165, 1.54) is 0 Å². The fourth-order valence-corrected chi connectivity index (χ4v) is 4.05. The van der Waals surface area contributed by atoms with Crippen molar-refractivity contribution in [1.29, 1.82) is 0 Å². The third-order valence-electron chi connectivity index (χ3n) is 5.81. The number of pyridine rings is 3. The Morgan fingerprint density at radius 2 is 1.77 bits per heavy atom. The van der Waals surface area contributed by atoms with Crippen molar-refractivity contribution in [2.45, 2.75) is 0 Å². The van der Waals surface area contributed by atoms with Crippen LogP contribution in [0.3, 0.4) is 0 Å². The first-order valence-electron chi connectivity index (χ1n) is 10.3. The summed E-state index contributed by atoms with van der Waals surface area (Å²) in [5.74, 6) is 0.681. The molecule has 0 unspecified atom stereocenters. The van der Waals surface area contributed by atoms with Gasteiger partial charge in [-0.3, -0.25) is 15.1 Å². The van der Waals surface area contributed by atoms with Gasteiger partial charge in [-0.2, -0.15) is 5.10 Å². The summed E-state index contributed by atoms with van der Waals surface area (Å²) in [6, 6.07) is 7.86. The summed E-state index contributed by atoms with van der Waals surface area (Å²) in [5.41, 5.74) is 7.00. The largest absolute Gasteiger partial charge is 0.366 e. The molecule has 6 rings (SSSR count). The monoisotopic (exact) mass is 411 g/mol. The molecule has 31 heavy (non-hydrogen) atoms. The van der Waals surface area contributed by atoms with Gasteiger partial charge in [0.2, 0.25) is 0 Å². The van der Waals surface area contributed by atoms with Gasteiger partial charge in [0.05, 0.1) is 34.8 Å². The summed E-state index contributed by atoms with van der Waals surface area (Å²) in [4.78, 5) is 26.5. The molecule has 0 aliphatic carbocycles. The first kappa shape index (κ1) is 18.0. The molecule has 1 aliphatic heterocycles. The van der Waals surface area contributed by atoms with E-state index in [1.54, 1.807) is 6.20 Å². The van der Waals surface area contributed by atoms with E-state index in [-0.39, 0.29) is 0 Å². The van der Waals surface area contributed by atoms with Gasteiger partial charge in [-0.15, -0.1) is 0 Å². The number of nitrogens with one attached hydrogen (secondary N) is 2. The van der Waals surface area contributed by atoms with Crippen molar-refractivity contribution in [3.8, 4) is 22.8 Å². The second-order valence-corrected chi connectivity index (χ2v) is 7.84. The molecule has 5 aromatic heterocycles. The van der Waals surface area contributed by atoms with Crippen LogP contribution in [0.4, 0.5) is 5.69 Å². The zero-order chi connectivity index (χ0) is 20.8. The Bertz CT molecular complexity index is 1360. The van der Waals surface area contributed by atoms with E-state index in [4.69, 9.17) is 9.97 Å². The average Bonchev–Trinajstić information content (AvgIpc) is 3.43. The number of nitrogens with zero attached hydrogens (tertiary/aromatic N) is 7. The van der Waals surface area contributed by atoms with Crippen LogP contribution in [0.2, 0.25) is 0 Å². The molecule has 154 valence electrons.